The summed E-state index contributed by atoms with van der Waals surface area (Å²) in [6, 6.07) is 7.72. The Hall–Kier alpha value is -3.86. The lowest BCUT2D eigenvalue weighted by molar-refractivity contribution is 0.0231. The molecule has 0 spiro atoms. The summed E-state index contributed by atoms with van der Waals surface area (Å²) in [4.78, 5) is 39.4. The maximum absolute atomic E-state index is 12.9. The largest absolute Gasteiger partial charge is 0.444 e. The Morgan fingerprint density at radius 2 is 1.94 bits per heavy atom. The lowest BCUT2D eigenvalue weighted by Gasteiger charge is -2.26. The lowest BCUT2D eigenvalue weighted by Crippen LogP contribution is -2.38. The molecule has 3 aromatic rings. The smallest absolute Gasteiger partial charge is 0.410 e. The molecule has 1 aliphatic heterocycles. The van der Waals surface area contributed by atoms with Gasteiger partial charge < -0.3 is 30.8 Å². The van der Waals surface area contributed by atoms with E-state index in [9.17, 15) is 9.59 Å². The van der Waals surface area contributed by atoms with Gasteiger partial charge in [-0.2, -0.15) is 0 Å². The number of hydrazine groups is 1. The van der Waals surface area contributed by atoms with Gasteiger partial charge in [0.15, 0.2) is 0 Å². The number of aromatic amines is 1. The minimum Gasteiger partial charge on any atom is -0.444 e. The van der Waals surface area contributed by atoms with Crippen LogP contribution in [0.15, 0.2) is 53.2 Å². The SMILES string of the molecule is CC1=CC=C(CNC(=O)c2csc(CCN(Cc3nc4ccccc4[nH]3)C(=O)OC(C)(C)C)n2)NN1. The van der Waals surface area contributed by atoms with Crippen molar-refractivity contribution in [3.05, 3.63) is 69.7 Å². The van der Waals surface area contributed by atoms with Crippen LogP contribution in [0.1, 0.15) is 49.0 Å². The van der Waals surface area contributed by atoms with E-state index in [1.165, 1.54) is 11.3 Å². The van der Waals surface area contributed by atoms with E-state index in [2.05, 4.69) is 31.1 Å². The quantitative estimate of drug-likeness (QED) is 0.366. The fourth-order valence-electron chi connectivity index (χ4n) is 3.44. The molecule has 190 valence electrons. The van der Waals surface area contributed by atoms with Gasteiger partial charge in [-0.1, -0.05) is 12.1 Å². The van der Waals surface area contributed by atoms with E-state index in [0.29, 0.717) is 31.0 Å². The zero-order valence-corrected chi connectivity index (χ0v) is 21.7. The molecule has 10 nitrogen and oxygen atoms in total. The van der Waals surface area contributed by atoms with Gasteiger partial charge in [-0.25, -0.2) is 14.8 Å². The second-order valence-electron chi connectivity index (χ2n) is 9.45. The van der Waals surface area contributed by atoms with Crippen molar-refractivity contribution in [1.29, 1.82) is 0 Å². The predicted molar refractivity (Wildman–Crippen MR) is 139 cm³/mol. The van der Waals surface area contributed by atoms with Crippen LogP contribution in [-0.4, -0.2) is 50.5 Å². The average Bonchev–Trinajstić information content (AvgIpc) is 3.46. The molecule has 11 heteroatoms. The number of fused-ring (bicyclic) bond motifs is 1. The highest BCUT2D eigenvalue weighted by molar-refractivity contribution is 7.09. The van der Waals surface area contributed by atoms with Crippen LogP contribution in [0.4, 0.5) is 4.79 Å². The number of H-pyrrole nitrogens is 1. The number of hydrogen-bond acceptors (Lipinski definition) is 8. The third-order valence-electron chi connectivity index (χ3n) is 5.20. The molecule has 0 bridgehead atoms. The van der Waals surface area contributed by atoms with Crippen molar-refractivity contribution < 1.29 is 14.3 Å². The molecule has 0 unspecified atom stereocenters. The van der Waals surface area contributed by atoms with Crippen LogP contribution in [0.3, 0.4) is 0 Å². The Morgan fingerprint density at radius 1 is 1.14 bits per heavy atom. The molecule has 1 aliphatic rings. The highest BCUT2D eigenvalue weighted by Gasteiger charge is 2.24. The number of carbonyl (C=O) groups is 2. The second-order valence-corrected chi connectivity index (χ2v) is 10.4. The first-order valence-corrected chi connectivity index (χ1v) is 12.6. The Labute approximate surface area is 213 Å². The maximum atomic E-state index is 12.9. The highest BCUT2D eigenvalue weighted by Crippen LogP contribution is 2.17. The Morgan fingerprint density at radius 3 is 2.67 bits per heavy atom. The molecule has 0 radical (unpaired) electrons. The topological polar surface area (TPSA) is 124 Å². The van der Waals surface area contributed by atoms with Gasteiger partial charge in [0.2, 0.25) is 0 Å². The fourth-order valence-corrected chi connectivity index (χ4v) is 4.21. The van der Waals surface area contributed by atoms with Gasteiger partial charge in [-0.05, 0) is 52.0 Å². The van der Waals surface area contributed by atoms with Gasteiger partial charge in [0.1, 0.15) is 17.1 Å². The zero-order chi connectivity index (χ0) is 25.7. The number of rotatable bonds is 8. The van der Waals surface area contributed by atoms with Crippen molar-refractivity contribution in [3.8, 4) is 0 Å². The summed E-state index contributed by atoms with van der Waals surface area (Å²) < 4.78 is 5.62. The van der Waals surface area contributed by atoms with Crippen LogP contribution in [-0.2, 0) is 17.7 Å². The molecule has 4 N–H and O–H groups in total. The lowest BCUT2D eigenvalue weighted by atomic mass is 10.2. The Balaban J connectivity index is 1.38. The normalized spacial score (nSPS) is 13.3. The van der Waals surface area contributed by atoms with E-state index in [4.69, 9.17) is 4.74 Å². The number of carbonyl (C=O) groups excluding carboxylic acids is 2. The van der Waals surface area contributed by atoms with E-state index in [-0.39, 0.29) is 12.5 Å². The number of nitrogens with zero attached hydrogens (tertiary/aromatic N) is 3. The summed E-state index contributed by atoms with van der Waals surface area (Å²) in [6.07, 6.45) is 3.90. The molecule has 0 saturated heterocycles. The number of imidazole rings is 1. The van der Waals surface area contributed by atoms with E-state index in [1.807, 2.05) is 64.1 Å². The van der Waals surface area contributed by atoms with Gasteiger partial charge in [-0.3, -0.25) is 4.79 Å². The molecule has 2 amide bonds. The molecule has 0 fully saturated rings. The van der Waals surface area contributed by atoms with Crippen LogP contribution in [0.5, 0.6) is 0 Å². The van der Waals surface area contributed by atoms with E-state index >= 15 is 0 Å². The molecule has 2 aromatic heterocycles. The average molecular weight is 510 g/mol. The standard InChI is InChI=1S/C25H31N7O3S/c1-16-9-10-17(31-30-16)13-26-23(33)20-15-36-22(29-20)11-12-32(24(34)35-25(2,3)4)14-21-27-18-7-5-6-8-19(18)28-21/h5-10,15,30-31H,11-14H2,1-4H3,(H,26,33)(H,27,28). The summed E-state index contributed by atoms with van der Waals surface area (Å²) in [5.41, 5.74) is 9.35. The fraction of sp³-hybridized carbons (Fsp3) is 0.360. The third-order valence-corrected chi connectivity index (χ3v) is 6.11. The van der Waals surface area contributed by atoms with Crippen LogP contribution in [0, 0.1) is 0 Å². The van der Waals surface area contributed by atoms with Gasteiger partial charge in [0.25, 0.3) is 5.91 Å². The number of thiazole rings is 1. The van der Waals surface area contributed by atoms with Crippen LogP contribution >= 0.6 is 11.3 Å². The van der Waals surface area contributed by atoms with Crippen molar-refractivity contribution in [3.63, 3.8) is 0 Å². The monoisotopic (exact) mass is 509 g/mol. The van der Waals surface area contributed by atoms with Crippen molar-refractivity contribution in [1.82, 2.24) is 36.0 Å². The summed E-state index contributed by atoms with van der Waals surface area (Å²) >= 11 is 1.39. The molecule has 4 rings (SSSR count). The molecular weight excluding hydrogens is 478 g/mol. The Kier molecular flexibility index (Phi) is 7.58. The second kappa shape index (κ2) is 10.8. The van der Waals surface area contributed by atoms with E-state index in [1.54, 1.807) is 10.3 Å². The third kappa shape index (κ3) is 6.85. The Bertz CT molecular complexity index is 1270. The molecular formula is C25H31N7O3S. The summed E-state index contributed by atoms with van der Waals surface area (Å²) in [5, 5.41) is 5.35. The summed E-state index contributed by atoms with van der Waals surface area (Å²) in [6.45, 7) is 8.44. The van der Waals surface area contributed by atoms with Crippen molar-refractivity contribution in [2.75, 3.05) is 13.1 Å². The molecule has 0 saturated carbocycles. The van der Waals surface area contributed by atoms with Crippen LogP contribution in [0.2, 0.25) is 0 Å². The van der Waals surface area contributed by atoms with E-state index < -0.39 is 11.7 Å². The van der Waals surface area contributed by atoms with Gasteiger partial charge in [0.05, 0.1) is 34.8 Å². The maximum Gasteiger partial charge on any atom is 0.410 e. The number of amides is 2. The zero-order valence-electron chi connectivity index (χ0n) is 20.8. The first kappa shape index (κ1) is 25.2. The molecule has 36 heavy (non-hydrogen) atoms. The van der Waals surface area contributed by atoms with Gasteiger partial charge in [-0.15, -0.1) is 11.3 Å². The number of allylic oxidation sites excluding steroid dienone is 3. The number of benzene rings is 1. The van der Waals surface area contributed by atoms with Crippen molar-refractivity contribution >= 4 is 34.4 Å². The highest BCUT2D eigenvalue weighted by atomic mass is 32.1. The minimum absolute atomic E-state index is 0.252. The number of ether oxygens (including phenoxy) is 1. The predicted octanol–water partition coefficient (Wildman–Crippen LogP) is 3.62. The first-order chi connectivity index (χ1) is 17.2. The first-order valence-electron chi connectivity index (χ1n) is 11.7. The minimum atomic E-state index is -0.623. The van der Waals surface area contributed by atoms with Crippen molar-refractivity contribution in [2.24, 2.45) is 0 Å². The molecule has 1 aromatic carbocycles. The van der Waals surface area contributed by atoms with E-state index in [0.717, 1.165) is 27.4 Å². The number of para-hydroxylation sites is 2. The summed E-state index contributed by atoms with van der Waals surface area (Å²) in [5.74, 6) is 0.421. The van der Waals surface area contributed by atoms with Crippen LogP contribution in [0.25, 0.3) is 11.0 Å². The molecule has 3 heterocycles. The molecule has 0 aliphatic carbocycles. The van der Waals surface area contributed by atoms with Gasteiger partial charge in [0, 0.05) is 24.0 Å². The number of nitrogens with one attached hydrogen (secondary N) is 4. The number of aromatic nitrogens is 3. The van der Waals surface area contributed by atoms with Crippen molar-refractivity contribution in [2.45, 2.75) is 46.3 Å². The summed E-state index contributed by atoms with van der Waals surface area (Å²) in [7, 11) is 0. The van der Waals surface area contributed by atoms with Gasteiger partial charge >= 0.3 is 6.09 Å². The number of hydrogen-bond donors (Lipinski definition) is 4. The van der Waals surface area contributed by atoms with Crippen LogP contribution < -0.4 is 16.2 Å². The molecule has 0 atom stereocenters.